The molecule has 1 aromatic carbocycles. The molecular formula is C19H26ClN3O. The Hall–Kier alpha value is -1.39. The van der Waals surface area contributed by atoms with Crippen molar-refractivity contribution in [2.24, 2.45) is 5.73 Å². The number of halogens is 1. The van der Waals surface area contributed by atoms with Crippen LogP contribution in [0.2, 0.25) is 0 Å². The van der Waals surface area contributed by atoms with Gasteiger partial charge in [-0.2, -0.15) is 0 Å². The first-order valence-electron chi connectivity index (χ1n) is 8.83. The number of rotatable bonds is 1. The van der Waals surface area contributed by atoms with Crippen molar-refractivity contribution in [2.45, 2.75) is 70.4 Å². The Morgan fingerprint density at radius 3 is 2.58 bits per heavy atom. The molecule has 1 aliphatic heterocycles. The van der Waals surface area contributed by atoms with Gasteiger partial charge in [0.05, 0.1) is 10.9 Å². The molecule has 130 valence electrons. The summed E-state index contributed by atoms with van der Waals surface area (Å²) in [5, 5.41) is 0.730. The van der Waals surface area contributed by atoms with Crippen molar-refractivity contribution in [3.05, 3.63) is 39.4 Å². The predicted molar refractivity (Wildman–Crippen MR) is 100.0 cm³/mol. The van der Waals surface area contributed by atoms with E-state index < -0.39 is 0 Å². The quantitative estimate of drug-likeness (QED) is 0.854. The van der Waals surface area contributed by atoms with E-state index in [0.717, 1.165) is 40.8 Å². The number of nitrogens with zero attached hydrogens (tertiary/aromatic N) is 2. The Kier molecular flexibility index (Phi) is 4.47. The number of nitrogens with two attached hydrogens (primary N) is 1. The Labute approximate surface area is 148 Å². The van der Waals surface area contributed by atoms with E-state index in [1.807, 2.05) is 24.5 Å². The standard InChI is InChI=1S/C19H25N3O.ClH/c1-12-10-14(13(2)20)16-15(11-12)17(23)22-9-8-19(18(22)21-16)6-4-3-5-7-19;/h10-11,13H,3-9,20H2,1-2H3;1H/t13-;/m1./s1. The van der Waals surface area contributed by atoms with E-state index in [9.17, 15) is 4.79 Å². The molecule has 0 bridgehead atoms. The summed E-state index contributed by atoms with van der Waals surface area (Å²) >= 11 is 0. The predicted octanol–water partition coefficient (Wildman–Crippen LogP) is 3.75. The molecule has 2 heterocycles. The van der Waals surface area contributed by atoms with Gasteiger partial charge in [0.25, 0.3) is 5.56 Å². The van der Waals surface area contributed by atoms with Crippen LogP contribution in [0.4, 0.5) is 0 Å². The molecule has 4 rings (SSSR count). The van der Waals surface area contributed by atoms with Gasteiger partial charge in [-0.15, -0.1) is 12.4 Å². The van der Waals surface area contributed by atoms with Crippen molar-refractivity contribution in [3.63, 3.8) is 0 Å². The summed E-state index contributed by atoms with van der Waals surface area (Å²) in [5.41, 5.74) is 9.32. The number of benzene rings is 1. The molecule has 1 fully saturated rings. The van der Waals surface area contributed by atoms with Gasteiger partial charge in [-0.05, 0) is 50.3 Å². The average Bonchev–Trinajstić information content (AvgIpc) is 2.87. The minimum atomic E-state index is -0.115. The third-order valence-electron chi connectivity index (χ3n) is 5.82. The van der Waals surface area contributed by atoms with Gasteiger partial charge in [0.15, 0.2) is 0 Å². The van der Waals surface area contributed by atoms with Crippen LogP contribution in [-0.4, -0.2) is 9.55 Å². The minimum absolute atomic E-state index is 0. The third kappa shape index (κ3) is 2.47. The molecule has 2 aliphatic rings. The first-order chi connectivity index (χ1) is 11.0. The van der Waals surface area contributed by atoms with E-state index in [0.29, 0.717) is 0 Å². The maximum Gasteiger partial charge on any atom is 0.261 e. The molecule has 2 N–H and O–H groups in total. The number of hydrogen-bond donors (Lipinski definition) is 1. The molecule has 1 spiro atoms. The monoisotopic (exact) mass is 347 g/mol. The van der Waals surface area contributed by atoms with Crippen LogP contribution in [0.25, 0.3) is 10.9 Å². The zero-order valence-electron chi connectivity index (χ0n) is 14.5. The van der Waals surface area contributed by atoms with Crippen LogP contribution in [-0.2, 0) is 12.0 Å². The third-order valence-corrected chi connectivity index (χ3v) is 5.82. The van der Waals surface area contributed by atoms with E-state index in [1.54, 1.807) is 0 Å². The van der Waals surface area contributed by atoms with Crippen molar-refractivity contribution >= 4 is 23.3 Å². The van der Waals surface area contributed by atoms with Gasteiger partial charge in [0.1, 0.15) is 5.82 Å². The molecule has 0 radical (unpaired) electrons. The highest BCUT2D eigenvalue weighted by Gasteiger charge is 2.42. The van der Waals surface area contributed by atoms with Crippen molar-refractivity contribution in [2.75, 3.05) is 0 Å². The van der Waals surface area contributed by atoms with Gasteiger partial charge >= 0.3 is 0 Å². The summed E-state index contributed by atoms with van der Waals surface area (Å²) in [4.78, 5) is 18.1. The fraction of sp³-hybridized carbons (Fsp3) is 0.579. The lowest BCUT2D eigenvalue weighted by atomic mass is 9.72. The van der Waals surface area contributed by atoms with E-state index >= 15 is 0 Å². The van der Waals surface area contributed by atoms with Crippen LogP contribution in [0.3, 0.4) is 0 Å². The molecule has 0 saturated heterocycles. The SMILES string of the molecule is Cc1cc([C@@H](C)N)c2nc3n(c(=O)c2c1)CCC31CCCCC1.Cl. The summed E-state index contributed by atoms with van der Waals surface area (Å²) in [6.45, 7) is 4.81. The molecule has 1 saturated carbocycles. The summed E-state index contributed by atoms with van der Waals surface area (Å²) in [7, 11) is 0. The highest BCUT2D eigenvalue weighted by Crippen LogP contribution is 2.45. The fourth-order valence-electron chi connectivity index (χ4n) is 4.60. The van der Waals surface area contributed by atoms with E-state index in [1.165, 1.54) is 32.1 Å². The molecule has 4 nitrogen and oxygen atoms in total. The normalized spacial score (nSPS) is 20.0. The Balaban J connectivity index is 0.00000169. The first kappa shape index (κ1) is 17.4. The van der Waals surface area contributed by atoms with Crippen LogP contribution in [0.15, 0.2) is 16.9 Å². The minimum Gasteiger partial charge on any atom is -0.324 e. The molecule has 5 heteroatoms. The lowest BCUT2D eigenvalue weighted by molar-refractivity contribution is 0.286. The molecule has 0 unspecified atom stereocenters. The number of hydrogen-bond acceptors (Lipinski definition) is 3. The second-order valence-electron chi connectivity index (χ2n) is 7.52. The Morgan fingerprint density at radius 2 is 1.92 bits per heavy atom. The Bertz CT molecular complexity index is 835. The van der Waals surface area contributed by atoms with Gasteiger partial charge in [-0.3, -0.25) is 9.36 Å². The Morgan fingerprint density at radius 1 is 1.21 bits per heavy atom. The number of fused-ring (bicyclic) bond motifs is 3. The fourth-order valence-corrected chi connectivity index (χ4v) is 4.60. The van der Waals surface area contributed by atoms with Crippen molar-refractivity contribution in [3.8, 4) is 0 Å². The summed E-state index contributed by atoms with van der Waals surface area (Å²) in [6.07, 6.45) is 7.22. The van der Waals surface area contributed by atoms with Gasteiger partial charge in [-0.25, -0.2) is 4.98 Å². The number of aromatic nitrogens is 2. The molecule has 0 amide bonds. The molecule has 2 aromatic rings. The van der Waals surface area contributed by atoms with E-state index in [2.05, 4.69) is 6.07 Å². The van der Waals surface area contributed by atoms with Crippen molar-refractivity contribution in [1.82, 2.24) is 9.55 Å². The average molecular weight is 348 g/mol. The van der Waals surface area contributed by atoms with E-state index in [-0.39, 0.29) is 29.4 Å². The van der Waals surface area contributed by atoms with Crippen molar-refractivity contribution < 1.29 is 0 Å². The maximum absolute atomic E-state index is 13.1. The largest absolute Gasteiger partial charge is 0.324 e. The molecular weight excluding hydrogens is 322 g/mol. The van der Waals surface area contributed by atoms with Gasteiger partial charge in [0, 0.05) is 18.0 Å². The molecule has 1 atom stereocenters. The topological polar surface area (TPSA) is 60.9 Å². The highest BCUT2D eigenvalue weighted by atomic mass is 35.5. The first-order valence-corrected chi connectivity index (χ1v) is 8.83. The second kappa shape index (κ2) is 6.16. The van der Waals surface area contributed by atoms with E-state index in [4.69, 9.17) is 10.7 Å². The highest BCUT2D eigenvalue weighted by molar-refractivity contribution is 5.85. The van der Waals surface area contributed by atoms with Crippen molar-refractivity contribution in [1.29, 1.82) is 0 Å². The summed E-state index contributed by atoms with van der Waals surface area (Å²) in [5.74, 6) is 1.03. The maximum atomic E-state index is 13.1. The van der Waals surface area contributed by atoms with Gasteiger partial charge < -0.3 is 5.73 Å². The molecule has 1 aromatic heterocycles. The molecule has 24 heavy (non-hydrogen) atoms. The second-order valence-corrected chi connectivity index (χ2v) is 7.52. The van der Waals surface area contributed by atoms with Crippen LogP contribution in [0.1, 0.15) is 68.4 Å². The van der Waals surface area contributed by atoms with Crippen LogP contribution in [0, 0.1) is 6.92 Å². The molecule has 1 aliphatic carbocycles. The number of aryl methyl sites for hydroxylation is 1. The lowest BCUT2D eigenvalue weighted by Crippen LogP contribution is -2.31. The zero-order chi connectivity index (χ0) is 16.2. The summed E-state index contributed by atoms with van der Waals surface area (Å²) < 4.78 is 1.94. The lowest BCUT2D eigenvalue weighted by Gasteiger charge is -2.32. The smallest absolute Gasteiger partial charge is 0.261 e. The zero-order valence-corrected chi connectivity index (χ0v) is 15.3. The summed E-state index contributed by atoms with van der Waals surface area (Å²) in [6, 6.07) is 3.94. The van der Waals surface area contributed by atoms with Gasteiger partial charge in [0.2, 0.25) is 0 Å². The van der Waals surface area contributed by atoms with Crippen LogP contribution in [0.5, 0.6) is 0 Å². The van der Waals surface area contributed by atoms with Gasteiger partial charge in [-0.1, -0.05) is 25.3 Å². The van der Waals surface area contributed by atoms with Crippen LogP contribution >= 0.6 is 12.4 Å². The van der Waals surface area contributed by atoms with Crippen LogP contribution < -0.4 is 11.3 Å².